The van der Waals surface area contributed by atoms with Crippen LogP contribution in [0, 0.1) is 0 Å². The number of aliphatic carboxylic acids is 1. The molecule has 0 aromatic rings. The van der Waals surface area contributed by atoms with Crippen molar-refractivity contribution in [1.29, 1.82) is 0 Å². The van der Waals surface area contributed by atoms with Gasteiger partial charge >= 0.3 is 5.97 Å². The molecule has 2 atom stereocenters. The summed E-state index contributed by atoms with van der Waals surface area (Å²) in [6.07, 6.45) is 4.81. The lowest BCUT2D eigenvalue weighted by atomic mass is 10.00. The summed E-state index contributed by atoms with van der Waals surface area (Å²) in [5, 5.41) is 9.12. The third-order valence-electron chi connectivity index (χ3n) is 4.22. The molecule has 0 saturated carbocycles. The highest BCUT2D eigenvalue weighted by Crippen LogP contribution is 2.20. The fraction of sp³-hybridized carbons (Fsp3) is 0.867. The van der Waals surface area contributed by atoms with Gasteiger partial charge in [0, 0.05) is 19.5 Å². The van der Waals surface area contributed by atoms with Gasteiger partial charge in [-0.05, 0) is 32.1 Å². The van der Waals surface area contributed by atoms with Gasteiger partial charge in [-0.15, -0.1) is 0 Å². The molecule has 1 aliphatic heterocycles. The zero-order chi connectivity index (χ0) is 17.5. The third-order valence-corrected chi connectivity index (χ3v) is 5.63. The summed E-state index contributed by atoms with van der Waals surface area (Å²) in [7, 11) is -3.67. The van der Waals surface area contributed by atoms with E-state index in [-0.39, 0.29) is 24.1 Å². The van der Waals surface area contributed by atoms with E-state index < -0.39 is 22.0 Å². The number of carboxylic acid groups (broad SMARTS) is 1. The summed E-state index contributed by atoms with van der Waals surface area (Å²) in [6.45, 7) is 4.09. The number of carbonyl (C=O) groups excluding carboxylic acids is 1. The molecule has 2 N–H and O–H groups in total. The maximum absolute atomic E-state index is 12.1. The van der Waals surface area contributed by atoms with Gasteiger partial charge in [-0.25, -0.2) is 13.1 Å². The highest BCUT2D eigenvalue weighted by molar-refractivity contribution is 7.89. The third kappa shape index (κ3) is 6.87. The summed E-state index contributed by atoms with van der Waals surface area (Å²) in [4.78, 5) is 24.5. The molecule has 1 amide bonds. The highest BCUT2D eigenvalue weighted by atomic mass is 32.2. The van der Waals surface area contributed by atoms with Crippen LogP contribution in [0.2, 0.25) is 0 Å². The van der Waals surface area contributed by atoms with Gasteiger partial charge in [0.05, 0.1) is 5.75 Å². The van der Waals surface area contributed by atoms with Gasteiger partial charge < -0.3 is 10.0 Å². The van der Waals surface area contributed by atoms with Crippen LogP contribution in [-0.4, -0.2) is 54.7 Å². The normalized spacial score (nSPS) is 20.3. The van der Waals surface area contributed by atoms with Crippen LogP contribution in [0.5, 0.6) is 0 Å². The van der Waals surface area contributed by atoms with Crippen LogP contribution in [-0.2, 0) is 19.6 Å². The molecular formula is C15H28N2O5S. The van der Waals surface area contributed by atoms with Gasteiger partial charge in [-0.3, -0.25) is 9.59 Å². The summed E-state index contributed by atoms with van der Waals surface area (Å²) in [6, 6.07) is -1.15. The molecule has 1 fully saturated rings. The van der Waals surface area contributed by atoms with E-state index in [0.717, 1.165) is 25.7 Å². The van der Waals surface area contributed by atoms with Gasteiger partial charge in [-0.1, -0.05) is 19.8 Å². The zero-order valence-electron chi connectivity index (χ0n) is 14.0. The van der Waals surface area contributed by atoms with Gasteiger partial charge in [0.2, 0.25) is 15.9 Å². The number of sulfonamides is 1. The van der Waals surface area contributed by atoms with Crippen molar-refractivity contribution >= 4 is 21.9 Å². The molecule has 0 bridgehead atoms. The summed E-state index contributed by atoms with van der Waals surface area (Å²) >= 11 is 0. The fourth-order valence-corrected chi connectivity index (χ4v) is 4.28. The number of likely N-dealkylation sites (tertiary alicyclic amines) is 1. The number of hydrogen-bond donors (Lipinski definition) is 2. The molecule has 8 heteroatoms. The Kier molecular flexibility index (Phi) is 7.98. The van der Waals surface area contributed by atoms with E-state index in [0.29, 0.717) is 19.4 Å². The lowest BCUT2D eigenvalue weighted by Gasteiger charge is -2.35. The van der Waals surface area contributed by atoms with Crippen molar-refractivity contribution in [3.8, 4) is 0 Å². The topological polar surface area (TPSA) is 104 Å². The molecule has 1 saturated heterocycles. The maximum Gasteiger partial charge on any atom is 0.321 e. The van der Waals surface area contributed by atoms with E-state index in [4.69, 9.17) is 5.11 Å². The minimum atomic E-state index is -3.67. The fourth-order valence-electron chi connectivity index (χ4n) is 2.92. The number of unbranched alkanes of at least 4 members (excludes halogenated alkanes) is 1. The summed E-state index contributed by atoms with van der Waals surface area (Å²) < 4.78 is 26.6. The van der Waals surface area contributed by atoms with Crippen LogP contribution in [0.1, 0.15) is 58.8 Å². The van der Waals surface area contributed by atoms with E-state index in [1.807, 2.05) is 6.92 Å². The molecule has 0 aromatic heterocycles. The molecule has 7 nitrogen and oxygen atoms in total. The predicted octanol–water partition coefficient (Wildman–Crippen LogP) is 1.34. The van der Waals surface area contributed by atoms with Crippen LogP contribution in [0.25, 0.3) is 0 Å². The van der Waals surface area contributed by atoms with E-state index in [9.17, 15) is 18.0 Å². The molecule has 23 heavy (non-hydrogen) atoms. The van der Waals surface area contributed by atoms with Crippen LogP contribution in [0.15, 0.2) is 0 Å². The van der Waals surface area contributed by atoms with Crippen LogP contribution in [0.3, 0.4) is 0 Å². The van der Waals surface area contributed by atoms with Crippen LogP contribution in [0.4, 0.5) is 0 Å². The second-order valence-corrected chi connectivity index (χ2v) is 7.99. The van der Waals surface area contributed by atoms with E-state index in [1.54, 1.807) is 4.90 Å². The second-order valence-electron chi connectivity index (χ2n) is 6.12. The monoisotopic (exact) mass is 348 g/mol. The van der Waals surface area contributed by atoms with Crippen molar-refractivity contribution < 1.29 is 23.1 Å². The van der Waals surface area contributed by atoms with Gasteiger partial charge in [-0.2, -0.15) is 0 Å². The molecule has 1 aliphatic rings. The molecule has 134 valence electrons. The number of hydrogen-bond acceptors (Lipinski definition) is 4. The van der Waals surface area contributed by atoms with E-state index >= 15 is 0 Å². The number of rotatable bonds is 9. The summed E-state index contributed by atoms with van der Waals surface area (Å²) in [5.41, 5.74) is 0. The lowest BCUT2D eigenvalue weighted by molar-refractivity contribution is -0.139. The number of nitrogens with zero attached hydrogens (tertiary/aromatic N) is 1. The Morgan fingerprint density at radius 2 is 2.04 bits per heavy atom. The van der Waals surface area contributed by atoms with E-state index in [1.165, 1.54) is 6.92 Å². The number of carbonyl (C=O) groups is 2. The molecule has 1 heterocycles. The molecule has 0 radical (unpaired) electrons. The summed E-state index contributed by atoms with van der Waals surface area (Å²) in [5.74, 6) is -1.34. The van der Waals surface area contributed by atoms with Crippen molar-refractivity contribution in [2.75, 3.05) is 12.3 Å². The SMILES string of the molecule is CCCC[C@H](NS(=O)(=O)CCC1CCCCN1C(C)=O)C(=O)O. The highest BCUT2D eigenvalue weighted by Gasteiger charge is 2.28. The first-order valence-electron chi connectivity index (χ1n) is 8.27. The standard InChI is InChI=1S/C15H28N2O5S/c1-3-4-8-14(15(19)20)16-23(21,22)11-9-13-7-5-6-10-17(13)12(2)18/h13-14,16H,3-11H2,1-2H3,(H,19,20)/t13?,14-/m0/s1. The Morgan fingerprint density at radius 1 is 1.35 bits per heavy atom. The quantitative estimate of drug-likeness (QED) is 0.654. The van der Waals surface area contributed by atoms with Gasteiger partial charge in [0.15, 0.2) is 0 Å². The van der Waals surface area contributed by atoms with Crippen molar-refractivity contribution in [2.45, 2.75) is 70.9 Å². The average Bonchev–Trinajstić information content (AvgIpc) is 2.49. The second kappa shape index (κ2) is 9.22. The Hall–Kier alpha value is -1.15. The first-order chi connectivity index (χ1) is 10.8. The predicted molar refractivity (Wildman–Crippen MR) is 87.5 cm³/mol. The molecule has 1 rings (SSSR count). The molecule has 0 spiro atoms. The zero-order valence-corrected chi connectivity index (χ0v) is 14.8. The average molecular weight is 348 g/mol. The minimum absolute atomic E-state index is 0.0357. The number of nitrogens with one attached hydrogen (secondary N) is 1. The van der Waals surface area contributed by atoms with Crippen molar-refractivity contribution in [3.63, 3.8) is 0 Å². The van der Waals surface area contributed by atoms with Crippen molar-refractivity contribution in [2.24, 2.45) is 0 Å². The number of amides is 1. The molecular weight excluding hydrogens is 320 g/mol. The Labute approximate surface area is 138 Å². The molecule has 0 aromatic carbocycles. The minimum Gasteiger partial charge on any atom is -0.480 e. The lowest BCUT2D eigenvalue weighted by Crippen LogP contribution is -2.45. The maximum atomic E-state index is 12.1. The molecule has 1 unspecified atom stereocenters. The number of carboxylic acids is 1. The van der Waals surface area contributed by atoms with Gasteiger partial charge in [0.25, 0.3) is 0 Å². The van der Waals surface area contributed by atoms with Crippen LogP contribution >= 0.6 is 0 Å². The Bertz CT molecular complexity index is 506. The number of piperidine rings is 1. The molecule has 0 aliphatic carbocycles. The largest absolute Gasteiger partial charge is 0.480 e. The van der Waals surface area contributed by atoms with Crippen molar-refractivity contribution in [3.05, 3.63) is 0 Å². The van der Waals surface area contributed by atoms with Gasteiger partial charge in [0.1, 0.15) is 6.04 Å². The Morgan fingerprint density at radius 3 is 2.61 bits per heavy atom. The first kappa shape index (κ1) is 19.9. The smallest absolute Gasteiger partial charge is 0.321 e. The van der Waals surface area contributed by atoms with Crippen LogP contribution < -0.4 is 4.72 Å². The first-order valence-corrected chi connectivity index (χ1v) is 9.92. The van der Waals surface area contributed by atoms with E-state index in [2.05, 4.69) is 4.72 Å². The van der Waals surface area contributed by atoms with Crippen molar-refractivity contribution in [1.82, 2.24) is 9.62 Å². The Balaban J connectivity index is 2.59.